The van der Waals surface area contributed by atoms with Gasteiger partial charge in [-0.3, -0.25) is 0 Å². The van der Waals surface area contributed by atoms with Gasteiger partial charge < -0.3 is 10.5 Å². The molecular weight excluding hydrogens is 186 g/mol. The summed E-state index contributed by atoms with van der Waals surface area (Å²) in [6, 6.07) is 0.458. The van der Waals surface area contributed by atoms with E-state index in [0.717, 1.165) is 25.0 Å². The average Bonchev–Trinajstić information content (AvgIpc) is 2.85. The lowest BCUT2D eigenvalue weighted by Crippen LogP contribution is -2.25. The first-order valence-electron chi connectivity index (χ1n) is 6.69. The van der Waals surface area contributed by atoms with Gasteiger partial charge in [0, 0.05) is 19.3 Å². The van der Waals surface area contributed by atoms with Crippen molar-refractivity contribution in [3.8, 4) is 0 Å². The first-order valence-corrected chi connectivity index (χ1v) is 6.69. The summed E-state index contributed by atoms with van der Waals surface area (Å²) in [5, 5.41) is 0. The maximum absolute atomic E-state index is 6.03. The van der Waals surface area contributed by atoms with Crippen molar-refractivity contribution in [2.45, 2.75) is 57.4 Å². The van der Waals surface area contributed by atoms with Crippen molar-refractivity contribution < 1.29 is 4.74 Å². The Morgan fingerprint density at radius 3 is 2.47 bits per heavy atom. The second-order valence-electron chi connectivity index (χ2n) is 5.37. The van der Waals surface area contributed by atoms with Crippen LogP contribution in [0, 0.1) is 11.8 Å². The average molecular weight is 211 g/mol. The quantitative estimate of drug-likeness (QED) is 0.710. The molecule has 88 valence electrons. The number of rotatable bonds is 5. The van der Waals surface area contributed by atoms with Gasteiger partial charge in [-0.1, -0.05) is 19.3 Å². The zero-order valence-corrected chi connectivity index (χ0v) is 9.79. The Balaban J connectivity index is 1.51. The molecule has 0 aromatic rings. The molecule has 2 fully saturated rings. The molecule has 0 amide bonds. The molecule has 0 aromatic carbocycles. The van der Waals surface area contributed by atoms with Gasteiger partial charge in [0.2, 0.25) is 0 Å². The Kier molecular flexibility index (Phi) is 4.45. The summed E-state index contributed by atoms with van der Waals surface area (Å²) in [4.78, 5) is 0. The van der Waals surface area contributed by atoms with E-state index in [4.69, 9.17) is 10.5 Å². The highest BCUT2D eigenvalue weighted by Crippen LogP contribution is 2.27. The first-order chi connectivity index (χ1) is 7.36. The zero-order valence-electron chi connectivity index (χ0n) is 9.79. The first kappa shape index (κ1) is 11.4. The second kappa shape index (κ2) is 5.86. The third-order valence-corrected chi connectivity index (χ3v) is 4.18. The van der Waals surface area contributed by atoms with Gasteiger partial charge in [-0.15, -0.1) is 0 Å². The molecule has 0 aromatic heterocycles. The molecule has 2 unspecified atom stereocenters. The largest absolute Gasteiger partial charge is 0.381 e. The zero-order chi connectivity index (χ0) is 10.5. The van der Waals surface area contributed by atoms with E-state index in [-0.39, 0.29) is 0 Å². The SMILES string of the molecule is NC1CCCC1CCOCC1CCCC1. The molecule has 0 heterocycles. The van der Waals surface area contributed by atoms with Crippen LogP contribution in [0.5, 0.6) is 0 Å². The Hall–Kier alpha value is -0.0800. The van der Waals surface area contributed by atoms with Crippen molar-refractivity contribution >= 4 is 0 Å². The highest BCUT2D eigenvalue weighted by atomic mass is 16.5. The van der Waals surface area contributed by atoms with Gasteiger partial charge in [0.1, 0.15) is 0 Å². The maximum atomic E-state index is 6.03. The fourth-order valence-corrected chi connectivity index (χ4v) is 3.09. The number of ether oxygens (including phenoxy) is 1. The Morgan fingerprint density at radius 1 is 1.00 bits per heavy atom. The van der Waals surface area contributed by atoms with Crippen molar-refractivity contribution in [2.75, 3.05) is 13.2 Å². The Labute approximate surface area is 93.6 Å². The molecule has 2 aliphatic rings. The monoisotopic (exact) mass is 211 g/mol. The summed E-state index contributed by atoms with van der Waals surface area (Å²) in [5.74, 6) is 1.61. The summed E-state index contributed by atoms with van der Waals surface area (Å²) in [7, 11) is 0. The molecule has 0 bridgehead atoms. The van der Waals surface area contributed by atoms with Crippen molar-refractivity contribution in [1.29, 1.82) is 0 Å². The van der Waals surface area contributed by atoms with Crippen LogP contribution in [0.25, 0.3) is 0 Å². The van der Waals surface area contributed by atoms with E-state index >= 15 is 0 Å². The summed E-state index contributed by atoms with van der Waals surface area (Å²) < 4.78 is 5.77. The van der Waals surface area contributed by atoms with Crippen molar-refractivity contribution in [3.63, 3.8) is 0 Å². The van der Waals surface area contributed by atoms with E-state index in [9.17, 15) is 0 Å². The third kappa shape index (κ3) is 3.46. The molecule has 2 aliphatic carbocycles. The van der Waals surface area contributed by atoms with Crippen LogP contribution in [0.3, 0.4) is 0 Å². The van der Waals surface area contributed by atoms with E-state index in [2.05, 4.69) is 0 Å². The number of hydrogen-bond donors (Lipinski definition) is 1. The fraction of sp³-hybridized carbons (Fsp3) is 1.00. The van der Waals surface area contributed by atoms with Gasteiger partial charge in [-0.2, -0.15) is 0 Å². The van der Waals surface area contributed by atoms with Gasteiger partial charge in [-0.25, -0.2) is 0 Å². The van der Waals surface area contributed by atoms with E-state index in [1.165, 1.54) is 51.4 Å². The van der Waals surface area contributed by atoms with Gasteiger partial charge >= 0.3 is 0 Å². The van der Waals surface area contributed by atoms with Gasteiger partial charge in [0.25, 0.3) is 0 Å². The molecule has 15 heavy (non-hydrogen) atoms. The Bertz CT molecular complexity index is 177. The van der Waals surface area contributed by atoms with Gasteiger partial charge in [0.05, 0.1) is 0 Å². The van der Waals surface area contributed by atoms with Crippen molar-refractivity contribution in [3.05, 3.63) is 0 Å². The van der Waals surface area contributed by atoms with E-state index in [0.29, 0.717) is 6.04 Å². The molecule has 2 nitrogen and oxygen atoms in total. The van der Waals surface area contributed by atoms with Crippen LogP contribution in [0.4, 0.5) is 0 Å². The number of nitrogens with two attached hydrogens (primary N) is 1. The lowest BCUT2D eigenvalue weighted by molar-refractivity contribution is 0.0892. The van der Waals surface area contributed by atoms with Crippen LogP contribution in [0.15, 0.2) is 0 Å². The standard InChI is InChI=1S/C13H25NO/c14-13-7-3-6-12(13)8-9-15-10-11-4-1-2-5-11/h11-13H,1-10,14H2. The van der Waals surface area contributed by atoms with Crippen LogP contribution in [-0.4, -0.2) is 19.3 Å². The number of hydrogen-bond acceptors (Lipinski definition) is 2. The van der Waals surface area contributed by atoms with Gasteiger partial charge in [0.15, 0.2) is 0 Å². The van der Waals surface area contributed by atoms with Gasteiger partial charge in [-0.05, 0) is 43.9 Å². The molecule has 2 rings (SSSR count). The molecule has 2 atom stereocenters. The molecule has 0 saturated heterocycles. The molecule has 2 heteroatoms. The molecule has 2 N–H and O–H groups in total. The van der Waals surface area contributed by atoms with Crippen molar-refractivity contribution in [1.82, 2.24) is 0 Å². The minimum atomic E-state index is 0.458. The summed E-state index contributed by atoms with van der Waals surface area (Å²) in [5.41, 5.74) is 6.03. The molecule has 0 spiro atoms. The molecular formula is C13H25NO. The second-order valence-corrected chi connectivity index (χ2v) is 5.37. The molecule has 0 aliphatic heterocycles. The lowest BCUT2D eigenvalue weighted by Gasteiger charge is -2.16. The molecule has 0 radical (unpaired) electrons. The van der Waals surface area contributed by atoms with Crippen molar-refractivity contribution in [2.24, 2.45) is 17.6 Å². The van der Waals surface area contributed by atoms with E-state index in [1.807, 2.05) is 0 Å². The highest BCUT2D eigenvalue weighted by Gasteiger charge is 2.23. The predicted octanol–water partition coefficient (Wildman–Crippen LogP) is 2.71. The molecule has 2 saturated carbocycles. The normalized spacial score (nSPS) is 32.6. The minimum absolute atomic E-state index is 0.458. The van der Waals surface area contributed by atoms with Crippen LogP contribution in [0.2, 0.25) is 0 Å². The summed E-state index contributed by atoms with van der Waals surface area (Å²) >= 11 is 0. The van der Waals surface area contributed by atoms with Crippen LogP contribution in [0.1, 0.15) is 51.4 Å². The highest BCUT2D eigenvalue weighted by molar-refractivity contribution is 4.79. The van der Waals surface area contributed by atoms with Crippen LogP contribution in [-0.2, 0) is 4.74 Å². The predicted molar refractivity (Wildman–Crippen MR) is 62.7 cm³/mol. The smallest absolute Gasteiger partial charge is 0.0494 e. The minimum Gasteiger partial charge on any atom is -0.381 e. The van der Waals surface area contributed by atoms with E-state index in [1.54, 1.807) is 0 Å². The van der Waals surface area contributed by atoms with E-state index < -0.39 is 0 Å². The van der Waals surface area contributed by atoms with Crippen LogP contribution < -0.4 is 5.73 Å². The maximum Gasteiger partial charge on any atom is 0.0494 e. The lowest BCUT2D eigenvalue weighted by atomic mass is 10.0. The fourth-order valence-electron chi connectivity index (χ4n) is 3.09. The Morgan fingerprint density at radius 2 is 1.80 bits per heavy atom. The summed E-state index contributed by atoms with van der Waals surface area (Å²) in [6.07, 6.45) is 10.7. The van der Waals surface area contributed by atoms with Crippen LogP contribution >= 0.6 is 0 Å². The third-order valence-electron chi connectivity index (χ3n) is 4.18. The topological polar surface area (TPSA) is 35.2 Å². The summed E-state index contributed by atoms with van der Waals surface area (Å²) in [6.45, 7) is 1.94.